The summed E-state index contributed by atoms with van der Waals surface area (Å²) < 4.78 is 5.43. The molecule has 1 aromatic carbocycles. The molecular weight excluding hydrogens is 250 g/mol. The minimum atomic E-state index is 0.147. The first-order valence-corrected chi connectivity index (χ1v) is 6.67. The van der Waals surface area contributed by atoms with Crippen LogP contribution >= 0.6 is 11.6 Å². The first kappa shape index (κ1) is 13.4. The summed E-state index contributed by atoms with van der Waals surface area (Å²) in [7, 11) is 0. The molecule has 0 spiro atoms. The first-order valence-electron chi connectivity index (χ1n) is 6.29. The summed E-state index contributed by atoms with van der Waals surface area (Å²) in [6, 6.07) is 7.67. The molecule has 1 aliphatic rings. The van der Waals surface area contributed by atoms with E-state index in [2.05, 4.69) is 0 Å². The predicted molar refractivity (Wildman–Crippen MR) is 71.8 cm³/mol. The van der Waals surface area contributed by atoms with Crippen LogP contribution in [0.3, 0.4) is 0 Å². The Kier molecular flexibility index (Phi) is 4.61. The van der Waals surface area contributed by atoms with Crippen molar-refractivity contribution in [2.24, 2.45) is 0 Å². The molecule has 0 saturated carbocycles. The van der Waals surface area contributed by atoms with Gasteiger partial charge in [0, 0.05) is 24.5 Å². The number of ether oxygens (including phenoxy) is 1. The number of nitrogens with zero attached hydrogens (tertiary/aromatic N) is 1. The minimum Gasteiger partial charge on any atom is -0.375 e. The van der Waals surface area contributed by atoms with Gasteiger partial charge in [-0.15, -0.1) is 0 Å². The quantitative estimate of drug-likeness (QED) is 0.842. The van der Waals surface area contributed by atoms with Gasteiger partial charge < -0.3 is 9.64 Å². The van der Waals surface area contributed by atoms with Crippen LogP contribution in [0, 0.1) is 0 Å². The first-order chi connectivity index (χ1) is 8.65. The van der Waals surface area contributed by atoms with E-state index in [1.165, 1.54) is 0 Å². The number of hydrogen-bond donors (Lipinski definition) is 0. The van der Waals surface area contributed by atoms with Gasteiger partial charge in [-0.25, -0.2) is 0 Å². The van der Waals surface area contributed by atoms with Gasteiger partial charge in [-0.1, -0.05) is 23.7 Å². The highest BCUT2D eigenvalue weighted by molar-refractivity contribution is 6.30. The molecular formula is C14H18ClNO2. The molecule has 0 aromatic heterocycles. The summed E-state index contributed by atoms with van der Waals surface area (Å²) in [5.74, 6) is 0.199. The van der Waals surface area contributed by atoms with Gasteiger partial charge in [0.2, 0.25) is 5.91 Å². The lowest BCUT2D eigenvalue weighted by Gasteiger charge is -2.31. The molecule has 1 aromatic rings. The number of halogens is 1. The fourth-order valence-electron chi connectivity index (χ4n) is 2.15. The van der Waals surface area contributed by atoms with Crippen LogP contribution in [0.5, 0.6) is 0 Å². The van der Waals surface area contributed by atoms with Crippen molar-refractivity contribution in [2.75, 3.05) is 19.7 Å². The van der Waals surface area contributed by atoms with Crippen LogP contribution in [-0.4, -0.2) is 36.6 Å². The molecule has 1 fully saturated rings. The van der Waals surface area contributed by atoms with E-state index in [1.807, 2.05) is 36.1 Å². The summed E-state index contributed by atoms with van der Waals surface area (Å²) in [5.41, 5.74) is 1.11. The Hall–Kier alpha value is -1.06. The number of carbonyl (C=O) groups excluding carboxylic acids is 1. The fourth-order valence-corrected chi connectivity index (χ4v) is 2.36. The van der Waals surface area contributed by atoms with Gasteiger partial charge in [0.1, 0.15) is 0 Å². The Morgan fingerprint density at radius 2 is 2.39 bits per heavy atom. The van der Waals surface area contributed by atoms with E-state index >= 15 is 0 Å². The largest absolute Gasteiger partial charge is 0.375 e. The number of carbonyl (C=O) groups is 1. The van der Waals surface area contributed by atoms with E-state index in [0.29, 0.717) is 26.1 Å². The summed E-state index contributed by atoms with van der Waals surface area (Å²) >= 11 is 5.92. The Morgan fingerprint density at radius 1 is 1.56 bits per heavy atom. The molecule has 18 heavy (non-hydrogen) atoms. The van der Waals surface area contributed by atoms with Crippen LogP contribution in [0.1, 0.15) is 18.9 Å². The van der Waals surface area contributed by atoms with Gasteiger partial charge in [-0.05, 0) is 31.0 Å². The summed E-state index contributed by atoms with van der Waals surface area (Å²) in [6.45, 7) is 4.05. The lowest BCUT2D eigenvalue weighted by atomic mass is 10.1. The van der Waals surface area contributed by atoms with Gasteiger partial charge >= 0.3 is 0 Å². The molecule has 0 N–H and O–H groups in total. The monoisotopic (exact) mass is 267 g/mol. The van der Waals surface area contributed by atoms with E-state index in [-0.39, 0.29) is 12.0 Å². The number of aryl methyl sites for hydroxylation is 1. The standard InChI is InChI=1S/C14H18ClNO2/c1-11-10-16(7-8-18-11)14(17)6-5-12-3-2-4-13(15)9-12/h2-4,9,11H,5-8,10H2,1H3. The highest BCUT2D eigenvalue weighted by atomic mass is 35.5. The molecule has 98 valence electrons. The van der Waals surface area contributed by atoms with Gasteiger partial charge in [0.05, 0.1) is 12.7 Å². The Balaban J connectivity index is 1.84. The van der Waals surface area contributed by atoms with Crippen LogP contribution in [0.2, 0.25) is 5.02 Å². The third kappa shape index (κ3) is 3.72. The van der Waals surface area contributed by atoms with Crippen molar-refractivity contribution >= 4 is 17.5 Å². The highest BCUT2D eigenvalue weighted by Crippen LogP contribution is 2.13. The van der Waals surface area contributed by atoms with E-state index in [0.717, 1.165) is 17.0 Å². The second-order valence-electron chi connectivity index (χ2n) is 4.65. The minimum absolute atomic E-state index is 0.147. The van der Waals surface area contributed by atoms with Crippen molar-refractivity contribution < 1.29 is 9.53 Å². The molecule has 0 aliphatic carbocycles. The maximum Gasteiger partial charge on any atom is 0.223 e. The fraction of sp³-hybridized carbons (Fsp3) is 0.500. The molecule has 4 heteroatoms. The van der Waals surface area contributed by atoms with E-state index in [1.54, 1.807) is 0 Å². The molecule has 1 atom stereocenters. The lowest BCUT2D eigenvalue weighted by Crippen LogP contribution is -2.44. The van der Waals surface area contributed by atoms with Crippen LogP contribution in [-0.2, 0) is 16.0 Å². The number of amides is 1. The molecule has 1 unspecified atom stereocenters. The van der Waals surface area contributed by atoms with Gasteiger partial charge in [-0.2, -0.15) is 0 Å². The summed E-state index contributed by atoms with van der Waals surface area (Å²) in [6.07, 6.45) is 1.42. The Labute approximate surface area is 113 Å². The highest BCUT2D eigenvalue weighted by Gasteiger charge is 2.20. The van der Waals surface area contributed by atoms with Crippen molar-refractivity contribution in [2.45, 2.75) is 25.9 Å². The number of rotatable bonds is 3. The van der Waals surface area contributed by atoms with E-state index < -0.39 is 0 Å². The Morgan fingerprint density at radius 3 is 3.11 bits per heavy atom. The number of hydrogen-bond acceptors (Lipinski definition) is 2. The van der Waals surface area contributed by atoms with Crippen LogP contribution in [0.25, 0.3) is 0 Å². The zero-order chi connectivity index (χ0) is 13.0. The maximum absolute atomic E-state index is 12.0. The molecule has 2 rings (SSSR count). The molecule has 1 saturated heterocycles. The number of morpholine rings is 1. The second-order valence-corrected chi connectivity index (χ2v) is 5.09. The molecule has 0 radical (unpaired) electrons. The average Bonchev–Trinajstić information content (AvgIpc) is 2.36. The van der Waals surface area contributed by atoms with Crippen molar-refractivity contribution in [3.8, 4) is 0 Å². The third-order valence-electron chi connectivity index (χ3n) is 3.11. The number of benzene rings is 1. The third-order valence-corrected chi connectivity index (χ3v) is 3.35. The molecule has 1 heterocycles. The van der Waals surface area contributed by atoms with Crippen LogP contribution in [0.15, 0.2) is 24.3 Å². The zero-order valence-corrected chi connectivity index (χ0v) is 11.3. The van der Waals surface area contributed by atoms with Gasteiger partial charge in [0.15, 0.2) is 0 Å². The predicted octanol–water partition coefficient (Wildman–Crippen LogP) is 2.52. The van der Waals surface area contributed by atoms with Crippen molar-refractivity contribution in [3.63, 3.8) is 0 Å². The Bertz CT molecular complexity index is 422. The average molecular weight is 268 g/mol. The summed E-state index contributed by atoms with van der Waals surface area (Å²) in [4.78, 5) is 13.9. The van der Waals surface area contributed by atoms with Crippen molar-refractivity contribution in [1.82, 2.24) is 4.90 Å². The van der Waals surface area contributed by atoms with Gasteiger partial charge in [-0.3, -0.25) is 4.79 Å². The molecule has 0 bridgehead atoms. The van der Waals surface area contributed by atoms with Crippen molar-refractivity contribution in [1.29, 1.82) is 0 Å². The van der Waals surface area contributed by atoms with E-state index in [4.69, 9.17) is 16.3 Å². The second kappa shape index (κ2) is 6.21. The SMILES string of the molecule is CC1CN(C(=O)CCc2cccc(Cl)c2)CCO1. The maximum atomic E-state index is 12.0. The molecule has 1 aliphatic heterocycles. The zero-order valence-electron chi connectivity index (χ0n) is 10.6. The van der Waals surface area contributed by atoms with Gasteiger partial charge in [0.25, 0.3) is 0 Å². The van der Waals surface area contributed by atoms with Crippen LogP contribution in [0.4, 0.5) is 0 Å². The van der Waals surface area contributed by atoms with Crippen molar-refractivity contribution in [3.05, 3.63) is 34.9 Å². The lowest BCUT2D eigenvalue weighted by molar-refractivity contribution is -0.138. The summed E-state index contributed by atoms with van der Waals surface area (Å²) in [5, 5.41) is 0.722. The topological polar surface area (TPSA) is 29.5 Å². The molecule has 3 nitrogen and oxygen atoms in total. The molecule has 1 amide bonds. The smallest absolute Gasteiger partial charge is 0.223 e. The normalized spacial score (nSPS) is 19.9. The van der Waals surface area contributed by atoms with Crippen LogP contribution < -0.4 is 0 Å². The van der Waals surface area contributed by atoms with E-state index in [9.17, 15) is 4.79 Å².